The van der Waals surface area contributed by atoms with Crippen LogP contribution >= 0.6 is 12.2 Å². The fourth-order valence-electron chi connectivity index (χ4n) is 4.79. The smallest absolute Gasteiger partial charge is 0.178 e. The van der Waals surface area contributed by atoms with Gasteiger partial charge in [-0.2, -0.15) is 0 Å². The zero-order valence-corrected chi connectivity index (χ0v) is 20.2. The van der Waals surface area contributed by atoms with Gasteiger partial charge in [-0.15, -0.1) is 0 Å². The molecular weight excluding hydrogens is 448 g/mol. The van der Waals surface area contributed by atoms with Crippen molar-refractivity contribution in [3.8, 4) is 22.5 Å². The van der Waals surface area contributed by atoms with Gasteiger partial charge in [0.25, 0.3) is 0 Å². The average molecular weight is 473 g/mol. The summed E-state index contributed by atoms with van der Waals surface area (Å²) in [4.78, 5) is 12.3. The van der Waals surface area contributed by atoms with E-state index in [1.807, 2.05) is 54.6 Å². The molecule has 6 rings (SSSR count). The van der Waals surface area contributed by atoms with Crippen molar-refractivity contribution in [2.24, 2.45) is 0 Å². The topological polar surface area (TPSA) is 41.0 Å². The summed E-state index contributed by atoms with van der Waals surface area (Å²) in [6.45, 7) is 2.21. The van der Waals surface area contributed by atoms with Crippen LogP contribution in [0.5, 0.6) is 0 Å². The number of benzene rings is 4. The van der Waals surface area contributed by atoms with Gasteiger partial charge in [-0.05, 0) is 55.4 Å². The second-order valence-electron chi connectivity index (χ2n) is 8.84. The lowest BCUT2D eigenvalue weighted by Crippen LogP contribution is -2.38. The van der Waals surface area contributed by atoms with E-state index in [9.17, 15) is 0 Å². The summed E-state index contributed by atoms with van der Waals surface area (Å²) in [5.41, 5.74) is 8.91. The summed E-state index contributed by atoms with van der Waals surface area (Å²) in [5, 5.41) is 4.14. The number of nitrogens with zero attached hydrogens (tertiary/aromatic N) is 3. The Kier molecular flexibility index (Phi) is 5.47. The number of anilines is 2. The van der Waals surface area contributed by atoms with Crippen LogP contribution in [-0.2, 0) is 6.42 Å². The lowest BCUT2D eigenvalue weighted by Gasteiger charge is -2.26. The van der Waals surface area contributed by atoms with Crippen LogP contribution in [-0.4, -0.2) is 21.1 Å². The Bertz CT molecular complexity index is 1530. The van der Waals surface area contributed by atoms with Gasteiger partial charge in [0.1, 0.15) is 0 Å². The van der Waals surface area contributed by atoms with Crippen LogP contribution in [0.2, 0.25) is 0 Å². The van der Waals surface area contributed by atoms with Crippen molar-refractivity contribution in [2.75, 3.05) is 10.2 Å². The summed E-state index contributed by atoms with van der Waals surface area (Å²) in [6.07, 6.45) is 0.990. The second-order valence-corrected chi connectivity index (χ2v) is 9.23. The molecule has 2 heterocycles. The number of nitrogens with one attached hydrogen (secondary N) is 1. The van der Waals surface area contributed by atoms with Crippen molar-refractivity contribution in [3.63, 3.8) is 0 Å². The van der Waals surface area contributed by atoms with Crippen LogP contribution in [0.25, 0.3) is 33.5 Å². The van der Waals surface area contributed by atoms with E-state index in [0.29, 0.717) is 11.2 Å². The molecule has 4 aromatic carbocycles. The average Bonchev–Trinajstić information content (AvgIpc) is 3.24. The molecule has 0 radical (unpaired) electrons. The van der Waals surface area contributed by atoms with Gasteiger partial charge in [-0.1, -0.05) is 78.9 Å². The van der Waals surface area contributed by atoms with Crippen LogP contribution in [0.4, 0.5) is 11.4 Å². The number of fused-ring (bicyclic) bond motifs is 2. The molecule has 5 aromatic rings. The number of aromatic nitrogens is 2. The van der Waals surface area contributed by atoms with Crippen molar-refractivity contribution < 1.29 is 0 Å². The van der Waals surface area contributed by atoms with Gasteiger partial charge in [0, 0.05) is 28.5 Å². The molecule has 0 unspecified atom stereocenters. The lowest BCUT2D eigenvalue weighted by molar-refractivity contribution is 0.776. The highest BCUT2D eigenvalue weighted by atomic mass is 32.1. The van der Waals surface area contributed by atoms with Crippen molar-refractivity contribution >= 4 is 39.7 Å². The highest BCUT2D eigenvalue weighted by molar-refractivity contribution is 7.80. The molecule has 0 saturated carbocycles. The Morgan fingerprint density at radius 1 is 0.771 bits per heavy atom. The fraction of sp³-hybridized carbons (Fsp3) is 0.100. The molecule has 1 aliphatic rings. The van der Waals surface area contributed by atoms with E-state index in [1.165, 1.54) is 11.3 Å². The molecule has 0 aliphatic carbocycles. The number of hydrogen-bond acceptors (Lipinski definition) is 3. The molecule has 1 aromatic heterocycles. The molecule has 0 amide bonds. The van der Waals surface area contributed by atoms with Gasteiger partial charge < -0.3 is 10.2 Å². The maximum atomic E-state index is 5.84. The van der Waals surface area contributed by atoms with Gasteiger partial charge in [0.2, 0.25) is 0 Å². The Morgan fingerprint density at radius 2 is 1.37 bits per heavy atom. The van der Waals surface area contributed by atoms with Crippen LogP contribution in [0.15, 0.2) is 103 Å². The molecule has 4 nitrogen and oxygen atoms in total. The Morgan fingerprint density at radius 3 is 2.06 bits per heavy atom. The minimum absolute atomic E-state index is 0.311. The molecule has 5 heteroatoms. The molecule has 0 saturated heterocycles. The first-order valence-corrected chi connectivity index (χ1v) is 12.2. The molecule has 0 fully saturated rings. The molecule has 1 atom stereocenters. The van der Waals surface area contributed by atoms with Gasteiger partial charge in [-0.25, -0.2) is 9.97 Å². The molecule has 1 aliphatic heterocycles. The third-order valence-electron chi connectivity index (χ3n) is 6.44. The third kappa shape index (κ3) is 4.04. The third-order valence-corrected chi connectivity index (χ3v) is 6.73. The summed E-state index contributed by atoms with van der Waals surface area (Å²) >= 11 is 5.84. The summed E-state index contributed by atoms with van der Waals surface area (Å²) in [7, 11) is 0. The lowest BCUT2D eigenvalue weighted by atomic mass is 10.0. The molecule has 170 valence electrons. The van der Waals surface area contributed by atoms with E-state index < -0.39 is 0 Å². The van der Waals surface area contributed by atoms with E-state index in [0.717, 1.165) is 45.7 Å². The quantitative estimate of drug-likeness (QED) is 0.283. The monoisotopic (exact) mass is 472 g/mol. The van der Waals surface area contributed by atoms with Crippen molar-refractivity contribution in [1.82, 2.24) is 9.97 Å². The summed E-state index contributed by atoms with van der Waals surface area (Å²) < 4.78 is 0. The second kappa shape index (κ2) is 8.93. The maximum Gasteiger partial charge on any atom is 0.178 e. The Hall–Kier alpha value is -4.09. The number of para-hydroxylation sites is 1. The highest BCUT2D eigenvalue weighted by Crippen LogP contribution is 2.34. The van der Waals surface area contributed by atoms with E-state index >= 15 is 0 Å². The standard InChI is InChI=1S/C30H24N4S/c1-20-18-23-14-8-9-15-27(23)34(20)30(35)31-24-16-17-25-26(19-24)33-29(22-12-6-3-7-13-22)28(32-25)21-10-4-2-5-11-21/h2-17,19-20H,18H2,1H3,(H,31,35)/t20-/m0/s1. The number of rotatable bonds is 3. The first-order valence-electron chi connectivity index (χ1n) is 11.8. The van der Waals surface area contributed by atoms with Crippen molar-refractivity contribution in [1.29, 1.82) is 0 Å². The summed E-state index contributed by atoms with van der Waals surface area (Å²) in [5.74, 6) is 0. The fourth-order valence-corrected chi connectivity index (χ4v) is 5.18. The molecule has 35 heavy (non-hydrogen) atoms. The van der Waals surface area contributed by atoms with Gasteiger partial charge in [0.05, 0.1) is 22.4 Å². The molecular formula is C30H24N4S. The molecule has 1 N–H and O–H groups in total. The number of hydrogen-bond donors (Lipinski definition) is 1. The van der Waals surface area contributed by atoms with E-state index in [2.05, 4.69) is 65.7 Å². The van der Waals surface area contributed by atoms with Crippen LogP contribution < -0.4 is 10.2 Å². The first-order chi connectivity index (χ1) is 17.2. The van der Waals surface area contributed by atoms with E-state index in [4.69, 9.17) is 22.2 Å². The Labute approximate surface area is 210 Å². The van der Waals surface area contributed by atoms with E-state index in [1.54, 1.807) is 0 Å². The minimum atomic E-state index is 0.311. The van der Waals surface area contributed by atoms with Gasteiger partial charge in [0.15, 0.2) is 5.11 Å². The summed E-state index contributed by atoms with van der Waals surface area (Å²) in [6, 6.07) is 35.3. The predicted octanol–water partition coefficient (Wildman–Crippen LogP) is 7.11. The van der Waals surface area contributed by atoms with Crippen LogP contribution in [0, 0.1) is 0 Å². The maximum absolute atomic E-state index is 5.84. The minimum Gasteiger partial charge on any atom is -0.332 e. The molecule has 0 bridgehead atoms. The van der Waals surface area contributed by atoms with Gasteiger partial charge in [-0.3, -0.25) is 0 Å². The van der Waals surface area contributed by atoms with Crippen molar-refractivity contribution in [2.45, 2.75) is 19.4 Å². The highest BCUT2D eigenvalue weighted by Gasteiger charge is 2.28. The zero-order valence-electron chi connectivity index (χ0n) is 19.3. The van der Waals surface area contributed by atoms with Crippen molar-refractivity contribution in [3.05, 3.63) is 109 Å². The largest absolute Gasteiger partial charge is 0.332 e. The van der Waals surface area contributed by atoms with E-state index in [-0.39, 0.29) is 0 Å². The predicted molar refractivity (Wildman–Crippen MR) is 149 cm³/mol. The first kappa shape index (κ1) is 21.4. The van der Waals surface area contributed by atoms with Gasteiger partial charge >= 0.3 is 0 Å². The van der Waals surface area contributed by atoms with Crippen LogP contribution in [0.3, 0.4) is 0 Å². The normalized spacial score (nSPS) is 14.7. The van der Waals surface area contributed by atoms with Crippen LogP contribution in [0.1, 0.15) is 12.5 Å². The molecule has 0 spiro atoms. The SMILES string of the molecule is C[C@H]1Cc2ccccc2N1C(=S)Nc1ccc2nc(-c3ccccc3)c(-c3ccccc3)nc2c1. The Balaban J connectivity index is 1.39. The number of thiocarbonyl (C=S) groups is 1. The zero-order chi connectivity index (χ0) is 23.8.